The van der Waals surface area contributed by atoms with Crippen molar-refractivity contribution < 1.29 is 70.5 Å². The van der Waals surface area contributed by atoms with Crippen molar-refractivity contribution in [1.82, 2.24) is 5.43 Å². The molecule has 0 atom stereocenters. The number of furan rings is 1. The molecule has 1 aliphatic carbocycles. The third-order valence-corrected chi connectivity index (χ3v) is 3.84. The normalized spacial score (nSPS) is 14.6. The molecule has 1 aliphatic rings. The predicted molar refractivity (Wildman–Crippen MR) is 81.2 cm³/mol. The molecule has 1 aromatic heterocycles. The Morgan fingerprint density at radius 1 is 1.21 bits per heavy atom. The summed E-state index contributed by atoms with van der Waals surface area (Å²) in [7, 11) is 0. The third-order valence-electron chi connectivity index (χ3n) is 3.84. The van der Waals surface area contributed by atoms with Gasteiger partial charge in [0, 0.05) is 23.1 Å². The number of aromatic carboxylic acids is 1. The minimum Gasteiger partial charge on any atom is -0.542 e. The largest absolute Gasteiger partial charge is 1.00 e. The van der Waals surface area contributed by atoms with Crippen LogP contribution in [-0.2, 0) is 6.42 Å². The molecule has 0 saturated carbocycles. The maximum Gasteiger partial charge on any atom is 1.00 e. The molecule has 118 valence electrons. The molecule has 0 bridgehead atoms. The average molecular weight is 350 g/mol. The van der Waals surface area contributed by atoms with E-state index < -0.39 is 5.97 Å². The Labute approximate surface area is 181 Å². The van der Waals surface area contributed by atoms with Crippen molar-refractivity contribution in [2.45, 2.75) is 26.2 Å². The van der Waals surface area contributed by atoms with Gasteiger partial charge in [-0.3, -0.25) is 4.79 Å². The molecule has 0 spiro atoms. The van der Waals surface area contributed by atoms with Crippen LogP contribution in [0.3, 0.4) is 0 Å². The van der Waals surface area contributed by atoms with Crippen LogP contribution in [0.1, 0.15) is 50.6 Å². The van der Waals surface area contributed by atoms with Crippen LogP contribution in [0.25, 0.3) is 0 Å². The molecule has 0 aliphatic heterocycles. The van der Waals surface area contributed by atoms with Crippen LogP contribution >= 0.6 is 0 Å². The van der Waals surface area contributed by atoms with Gasteiger partial charge < -0.3 is 14.3 Å². The van der Waals surface area contributed by atoms with Crippen LogP contribution in [0.5, 0.6) is 0 Å². The fourth-order valence-electron chi connectivity index (χ4n) is 2.75. The summed E-state index contributed by atoms with van der Waals surface area (Å²) in [6.07, 6.45) is 2.08. The molecule has 1 N–H and O–H groups in total. The molecule has 2 aromatic rings. The number of aryl methyl sites for hydroxylation is 1. The molecule has 0 saturated heterocycles. The Morgan fingerprint density at radius 2 is 1.92 bits per heavy atom. The average Bonchev–Trinajstić information content (AvgIpc) is 2.91. The summed E-state index contributed by atoms with van der Waals surface area (Å²) in [5, 5.41) is 15.3. The van der Waals surface area contributed by atoms with E-state index in [0.29, 0.717) is 41.0 Å². The Bertz CT molecular complexity index is 796. The van der Waals surface area contributed by atoms with E-state index in [9.17, 15) is 14.7 Å². The maximum absolute atomic E-state index is 12.1. The van der Waals surface area contributed by atoms with E-state index >= 15 is 0 Å². The van der Waals surface area contributed by atoms with Crippen LogP contribution < -0.4 is 61.9 Å². The van der Waals surface area contributed by atoms with E-state index in [4.69, 9.17) is 4.42 Å². The zero-order chi connectivity index (χ0) is 16.4. The molecule has 1 aromatic carbocycles. The first-order chi connectivity index (χ1) is 11.1. The van der Waals surface area contributed by atoms with Gasteiger partial charge in [0.05, 0.1) is 5.71 Å². The fourth-order valence-corrected chi connectivity index (χ4v) is 2.75. The van der Waals surface area contributed by atoms with Crippen LogP contribution in [0.2, 0.25) is 0 Å². The Kier molecular flexibility index (Phi) is 6.53. The summed E-state index contributed by atoms with van der Waals surface area (Å²) in [6, 6.07) is 8.75. The fraction of sp³-hybridized carbons (Fsp3) is 0.235. The number of carboxylic acids is 1. The molecule has 3 rings (SSSR count). The van der Waals surface area contributed by atoms with Gasteiger partial charge >= 0.3 is 51.4 Å². The maximum atomic E-state index is 12.1. The van der Waals surface area contributed by atoms with Crippen LogP contribution in [0.4, 0.5) is 0 Å². The van der Waals surface area contributed by atoms with Gasteiger partial charge in [-0.05, 0) is 31.9 Å². The van der Waals surface area contributed by atoms with Gasteiger partial charge in [-0.1, -0.05) is 18.2 Å². The van der Waals surface area contributed by atoms with Crippen LogP contribution in [0, 0.1) is 6.92 Å². The number of carbonyl (C=O) groups excluding carboxylic acids is 2. The van der Waals surface area contributed by atoms with E-state index in [1.165, 1.54) is 0 Å². The van der Waals surface area contributed by atoms with Crippen molar-refractivity contribution in [3.63, 3.8) is 0 Å². The van der Waals surface area contributed by atoms with Crippen molar-refractivity contribution >= 4 is 17.6 Å². The number of hydrogen-bond donors (Lipinski definition) is 1. The number of hydrazone groups is 1. The van der Waals surface area contributed by atoms with E-state index in [2.05, 4.69) is 10.5 Å². The second kappa shape index (κ2) is 8.22. The zero-order valence-corrected chi connectivity index (χ0v) is 16.7. The molecule has 24 heavy (non-hydrogen) atoms. The summed E-state index contributed by atoms with van der Waals surface area (Å²) in [4.78, 5) is 23.1. The third kappa shape index (κ3) is 3.87. The summed E-state index contributed by atoms with van der Waals surface area (Å²) in [5.74, 6) is -1.24. The summed E-state index contributed by atoms with van der Waals surface area (Å²) in [6.45, 7) is 1.66. The van der Waals surface area contributed by atoms with Crippen molar-refractivity contribution in [1.29, 1.82) is 0 Å². The van der Waals surface area contributed by atoms with Crippen molar-refractivity contribution in [3.05, 3.63) is 58.5 Å². The Morgan fingerprint density at radius 3 is 2.58 bits per heavy atom. The van der Waals surface area contributed by atoms with E-state index in [0.717, 1.165) is 6.42 Å². The molecular weight excluding hydrogens is 335 g/mol. The summed E-state index contributed by atoms with van der Waals surface area (Å²) < 4.78 is 5.36. The number of nitrogens with one attached hydrogen (secondary N) is 1. The first-order valence-electron chi connectivity index (χ1n) is 7.34. The number of amides is 1. The first-order valence-corrected chi connectivity index (χ1v) is 7.34. The molecule has 1 amide bonds. The van der Waals surface area contributed by atoms with E-state index in [-0.39, 0.29) is 63.1 Å². The topological polar surface area (TPSA) is 94.7 Å². The quantitative estimate of drug-likeness (QED) is 0.534. The van der Waals surface area contributed by atoms with Gasteiger partial charge in [-0.15, -0.1) is 0 Å². The second-order valence-electron chi connectivity index (χ2n) is 5.36. The molecular formula is C17H15KN2O4. The number of hydrogen-bond acceptors (Lipinski definition) is 5. The molecule has 0 fully saturated rings. The smallest absolute Gasteiger partial charge is 0.542 e. The van der Waals surface area contributed by atoms with Gasteiger partial charge in [-0.25, -0.2) is 5.43 Å². The van der Waals surface area contributed by atoms with Gasteiger partial charge in [0.25, 0.3) is 5.91 Å². The van der Waals surface area contributed by atoms with Crippen molar-refractivity contribution in [2.24, 2.45) is 5.10 Å². The molecule has 7 heteroatoms. The molecule has 1 heterocycles. The number of rotatable bonds is 3. The second-order valence-corrected chi connectivity index (χ2v) is 5.36. The van der Waals surface area contributed by atoms with Gasteiger partial charge in [-0.2, -0.15) is 5.10 Å². The number of benzene rings is 1. The van der Waals surface area contributed by atoms with Crippen LogP contribution in [-0.4, -0.2) is 17.6 Å². The minimum atomic E-state index is -1.34. The van der Waals surface area contributed by atoms with Gasteiger partial charge in [0.15, 0.2) is 5.76 Å². The van der Waals surface area contributed by atoms with E-state index in [1.807, 2.05) is 6.07 Å². The number of nitrogens with zero attached hydrogens (tertiary/aromatic N) is 1. The number of carbonyl (C=O) groups is 2. The number of fused-ring (bicyclic) bond motifs is 1. The zero-order valence-electron chi connectivity index (χ0n) is 13.6. The van der Waals surface area contributed by atoms with Crippen LogP contribution in [0.15, 0.2) is 39.9 Å². The minimum absolute atomic E-state index is 0. The predicted octanol–water partition coefficient (Wildman–Crippen LogP) is -1.57. The summed E-state index contributed by atoms with van der Waals surface area (Å²) >= 11 is 0. The first kappa shape index (κ1) is 19.1. The summed E-state index contributed by atoms with van der Waals surface area (Å²) in [5.41, 5.74) is 4.82. The monoisotopic (exact) mass is 350 g/mol. The van der Waals surface area contributed by atoms with Gasteiger partial charge in [0.1, 0.15) is 11.7 Å². The SMILES string of the molecule is Cc1c(C(=O)[O-])oc2c1/C(=N/NC(=O)c1ccccc1)CCC2.[K+]. The Balaban J connectivity index is 0.00000208. The van der Waals surface area contributed by atoms with Crippen molar-refractivity contribution in [3.8, 4) is 0 Å². The standard InChI is InChI=1S/C17H16N2O4.K/c1-10-14-12(8-5-9-13(14)23-15(10)17(21)22)18-19-16(20)11-6-3-2-4-7-11;/h2-4,6-7H,5,8-9H2,1H3,(H,19,20)(H,21,22);/q;+1/p-1/b18-12+;. The van der Waals surface area contributed by atoms with E-state index in [1.54, 1.807) is 31.2 Å². The molecule has 0 radical (unpaired) electrons. The van der Waals surface area contributed by atoms with Crippen molar-refractivity contribution in [2.75, 3.05) is 0 Å². The number of carboxylic acid groups (broad SMARTS) is 1. The molecule has 0 unspecified atom stereocenters. The molecule has 6 nitrogen and oxygen atoms in total. The van der Waals surface area contributed by atoms with Gasteiger partial charge in [0.2, 0.25) is 0 Å². The Hall–Kier alpha value is -1.25.